The molecule has 6 unspecified atom stereocenters. The van der Waals surface area contributed by atoms with Gasteiger partial charge in [-0.2, -0.15) is 0 Å². The predicted molar refractivity (Wildman–Crippen MR) is 86.3 cm³/mol. The van der Waals surface area contributed by atoms with Gasteiger partial charge in [-0.1, -0.05) is 13.8 Å². The Hall–Kier alpha value is -1.14. The van der Waals surface area contributed by atoms with Crippen molar-refractivity contribution in [3.8, 4) is 0 Å². The molecule has 0 aliphatic carbocycles. The zero-order valence-corrected chi connectivity index (χ0v) is 14.1. The molecule has 0 saturated carbocycles. The van der Waals surface area contributed by atoms with Gasteiger partial charge in [0.05, 0.1) is 11.8 Å². The Morgan fingerprint density at radius 2 is 1.32 bits per heavy atom. The maximum absolute atomic E-state index is 10.9. The van der Waals surface area contributed by atoms with Gasteiger partial charge in [0.25, 0.3) is 0 Å². The largest absolute Gasteiger partial charge is 0.481 e. The van der Waals surface area contributed by atoms with Crippen LogP contribution in [0.1, 0.15) is 40.5 Å². The number of amides is 1. The van der Waals surface area contributed by atoms with E-state index in [2.05, 4.69) is 24.5 Å². The molecule has 0 aromatic heterocycles. The summed E-state index contributed by atoms with van der Waals surface area (Å²) in [5.41, 5.74) is 5.24. The van der Waals surface area contributed by atoms with E-state index in [0.29, 0.717) is 11.8 Å². The molecule has 6 nitrogen and oxygen atoms in total. The minimum absolute atomic E-state index is 0.0266. The molecule has 2 aliphatic heterocycles. The molecule has 6 atom stereocenters. The zero-order valence-electron chi connectivity index (χ0n) is 14.1. The van der Waals surface area contributed by atoms with E-state index in [1.165, 1.54) is 0 Å². The standard InChI is InChI=1S/C8H16N2O.C8H15NO2/c1-5-3-7(8(9)11)6(2)10-4-5;1-5-3-7(8(10)11)6(2)9-4-5/h5-7,10H,3-4H2,1-2H3,(H2,9,11);5-7,9H,3-4H2,1-2H3,(H,10,11). The average Bonchev–Trinajstić information content (AvgIpc) is 2.44. The summed E-state index contributed by atoms with van der Waals surface area (Å²) >= 11 is 0. The first-order chi connectivity index (χ1) is 10.2. The van der Waals surface area contributed by atoms with Crippen molar-refractivity contribution in [1.29, 1.82) is 0 Å². The first-order valence-electron chi connectivity index (χ1n) is 8.21. The summed E-state index contributed by atoms with van der Waals surface area (Å²) in [6.07, 6.45) is 1.74. The van der Waals surface area contributed by atoms with E-state index in [4.69, 9.17) is 10.8 Å². The molecule has 2 fully saturated rings. The molecule has 6 heteroatoms. The number of primary amides is 1. The Bertz CT molecular complexity index is 353. The zero-order chi connectivity index (χ0) is 16.9. The highest BCUT2D eigenvalue weighted by Crippen LogP contribution is 2.21. The van der Waals surface area contributed by atoms with Gasteiger partial charge in [-0.25, -0.2) is 0 Å². The lowest BCUT2D eigenvalue weighted by atomic mass is 9.86. The van der Waals surface area contributed by atoms with Gasteiger partial charge in [0.2, 0.25) is 5.91 Å². The van der Waals surface area contributed by atoms with Crippen LogP contribution >= 0.6 is 0 Å². The fourth-order valence-electron chi connectivity index (χ4n) is 3.18. The van der Waals surface area contributed by atoms with Gasteiger partial charge < -0.3 is 21.5 Å². The molecule has 2 rings (SSSR count). The monoisotopic (exact) mass is 313 g/mol. The molecular weight excluding hydrogens is 282 g/mol. The highest BCUT2D eigenvalue weighted by molar-refractivity contribution is 5.77. The van der Waals surface area contributed by atoms with Gasteiger partial charge in [0, 0.05) is 12.1 Å². The molecule has 2 saturated heterocycles. The molecule has 0 spiro atoms. The Balaban J connectivity index is 0.000000220. The fourth-order valence-corrected chi connectivity index (χ4v) is 3.18. The average molecular weight is 313 g/mol. The number of carbonyl (C=O) groups excluding carboxylic acids is 1. The lowest BCUT2D eigenvalue weighted by Crippen LogP contribution is -2.47. The lowest BCUT2D eigenvalue weighted by Gasteiger charge is -2.31. The van der Waals surface area contributed by atoms with E-state index < -0.39 is 5.97 Å². The predicted octanol–water partition coefficient (Wildman–Crippen LogP) is 0.811. The van der Waals surface area contributed by atoms with Crippen molar-refractivity contribution in [2.75, 3.05) is 13.1 Å². The van der Waals surface area contributed by atoms with Crippen LogP contribution in [-0.2, 0) is 9.59 Å². The topological polar surface area (TPSA) is 104 Å². The van der Waals surface area contributed by atoms with Gasteiger partial charge in [0.1, 0.15) is 0 Å². The Kier molecular flexibility index (Phi) is 7.29. The number of carboxylic acid groups (broad SMARTS) is 1. The maximum atomic E-state index is 10.9. The third kappa shape index (κ3) is 5.57. The molecular formula is C16H31N3O3. The van der Waals surface area contributed by atoms with E-state index in [9.17, 15) is 9.59 Å². The molecule has 22 heavy (non-hydrogen) atoms. The lowest BCUT2D eigenvalue weighted by molar-refractivity contribution is -0.144. The van der Waals surface area contributed by atoms with E-state index >= 15 is 0 Å². The molecule has 0 aromatic rings. The van der Waals surface area contributed by atoms with E-state index in [-0.39, 0.29) is 29.8 Å². The third-order valence-electron chi connectivity index (χ3n) is 4.78. The van der Waals surface area contributed by atoms with Crippen LogP contribution in [0.4, 0.5) is 0 Å². The SMILES string of the molecule is CC1CNC(C)C(C(=O)O)C1.CC1CNC(C)C(C(N)=O)C1. The second-order valence-corrected chi connectivity index (χ2v) is 7.03. The Morgan fingerprint density at radius 1 is 0.909 bits per heavy atom. The number of hydrogen-bond donors (Lipinski definition) is 4. The summed E-state index contributed by atoms with van der Waals surface area (Å²) in [5.74, 6) is 0.0570. The van der Waals surface area contributed by atoms with Crippen LogP contribution in [0.5, 0.6) is 0 Å². The summed E-state index contributed by atoms with van der Waals surface area (Å²) < 4.78 is 0. The van der Waals surface area contributed by atoms with Crippen molar-refractivity contribution in [3.63, 3.8) is 0 Å². The minimum Gasteiger partial charge on any atom is -0.481 e. The molecule has 2 aliphatic rings. The van der Waals surface area contributed by atoms with Crippen LogP contribution in [0, 0.1) is 23.7 Å². The van der Waals surface area contributed by atoms with Crippen LogP contribution in [0.15, 0.2) is 0 Å². The second kappa shape index (κ2) is 8.48. The Morgan fingerprint density at radius 3 is 1.64 bits per heavy atom. The van der Waals surface area contributed by atoms with Crippen LogP contribution in [0.25, 0.3) is 0 Å². The number of rotatable bonds is 2. The van der Waals surface area contributed by atoms with Crippen LogP contribution in [0.3, 0.4) is 0 Å². The maximum Gasteiger partial charge on any atom is 0.308 e. The summed E-state index contributed by atoms with van der Waals surface area (Å²) in [5, 5.41) is 15.2. The number of nitrogens with two attached hydrogens (primary N) is 1. The molecule has 0 radical (unpaired) electrons. The number of carbonyl (C=O) groups is 2. The van der Waals surface area contributed by atoms with Crippen molar-refractivity contribution in [2.45, 2.75) is 52.6 Å². The van der Waals surface area contributed by atoms with E-state index in [1.807, 2.05) is 13.8 Å². The smallest absolute Gasteiger partial charge is 0.308 e. The highest BCUT2D eigenvalue weighted by atomic mass is 16.4. The van der Waals surface area contributed by atoms with Crippen LogP contribution < -0.4 is 16.4 Å². The number of hydrogen-bond acceptors (Lipinski definition) is 4. The van der Waals surface area contributed by atoms with Gasteiger partial charge in [-0.15, -0.1) is 0 Å². The highest BCUT2D eigenvalue weighted by Gasteiger charge is 2.30. The summed E-state index contributed by atoms with van der Waals surface area (Å²) in [6.45, 7) is 10.1. The summed E-state index contributed by atoms with van der Waals surface area (Å²) in [6, 6.07) is 0.382. The second-order valence-electron chi connectivity index (χ2n) is 7.03. The van der Waals surface area contributed by atoms with Gasteiger partial charge in [-0.05, 0) is 51.6 Å². The molecule has 0 aromatic carbocycles. The molecule has 1 amide bonds. The number of carboxylic acids is 1. The third-order valence-corrected chi connectivity index (χ3v) is 4.78. The van der Waals surface area contributed by atoms with Gasteiger partial charge >= 0.3 is 5.97 Å². The quantitative estimate of drug-likeness (QED) is 0.604. The fraction of sp³-hybridized carbons (Fsp3) is 0.875. The van der Waals surface area contributed by atoms with Crippen LogP contribution in [-0.4, -0.2) is 42.2 Å². The van der Waals surface area contributed by atoms with Crippen molar-refractivity contribution < 1.29 is 14.7 Å². The first-order valence-corrected chi connectivity index (χ1v) is 8.21. The normalized spacial score (nSPS) is 38.5. The van der Waals surface area contributed by atoms with Gasteiger partial charge in [0.15, 0.2) is 0 Å². The number of aliphatic carboxylic acids is 1. The molecule has 0 bridgehead atoms. The van der Waals surface area contributed by atoms with Crippen molar-refractivity contribution in [2.24, 2.45) is 29.4 Å². The molecule has 5 N–H and O–H groups in total. The number of piperidine rings is 2. The minimum atomic E-state index is -0.670. The Labute approximate surface area is 133 Å². The van der Waals surface area contributed by atoms with E-state index in [0.717, 1.165) is 25.9 Å². The van der Waals surface area contributed by atoms with Crippen molar-refractivity contribution >= 4 is 11.9 Å². The number of nitrogens with one attached hydrogen (secondary N) is 2. The van der Waals surface area contributed by atoms with E-state index in [1.54, 1.807) is 0 Å². The van der Waals surface area contributed by atoms with Gasteiger partial charge in [-0.3, -0.25) is 9.59 Å². The first kappa shape index (κ1) is 18.9. The van der Waals surface area contributed by atoms with Crippen molar-refractivity contribution in [1.82, 2.24) is 10.6 Å². The van der Waals surface area contributed by atoms with Crippen LogP contribution in [0.2, 0.25) is 0 Å². The molecule has 128 valence electrons. The summed E-state index contributed by atoms with van der Waals surface area (Å²) in [4.78, 5) is 21.6. The van der Waals surface area contributed by atoms with Crippen molar-refractivity contribution in [3.05, 3.63) is 0 Å². The molecule has 2 heterocycles. The summed E-state index contributed by atoms with van der Waals surface area (Å²) in [7, 11) is 0.